The topological polar surface area (TPSA) is 95.4 Å². The van der Waals surface area contributed by atoms with Crippen molar-refractivity contribution in [3.05, 3.63) is 44.0 Å². The summed E-state index contributed by atoms with van der Waals surface area (Å²) in [6, 6.07) is 3.76. The normalized spacial score (nSPS) is 11.4. The number of nitrogens with one attached hydrogen (secondary N) is 1. The van der Waals surface area contributed by atoms with E-state index in [2.05, 4.69) is 5.10 Å². The van der Waals surface area contributed by atoms with E-state index in [0.717, 1.165) is 11.1 Å². The van der Waals surface area contributed by atoms with E-state index in [0.29, 0.717) is 23.9 Å². The molecule has 0 saturated carbocycles. The number of aromatic nitrogens is 2. The standard InChI is InChI=1S/C14H19N3O2.C2HF3O2/c1-9-5-6-10(2)12-11(9)13(18)15-17(14(12)19)8-7-16(3)4;3-2(4,5)1(6)7/h5-6H,7-8H2,1-4H3,(H,15,18);(H,6,7). The minimum atomic E-state index is -5.08. The SMILES string of the molecule is Cc1ccc(C)c2c(=O)n(CCN(C)C)[nH]c(=O)c12.O=C(O)C(F)(F)F. The molecule has 1 aromatic carbocycles. The molecule has 0 spiro atoms. The Morgan fingerprint density at radius 1 is 1.15 bits per heavy atom. The van der Waals surface area contributed by atoms with Crippen molar-refractivity contribution >= 4 is 16.7 Å². The fraction of sp³-hybridized carbons (Fsp3) is 0.438. The molecule has 7 nitrogen and oxygen atoms in total. The number of fused-ring (bicyclic) bond motifs is 1. The molecule has 0 amide bonds. The molecule has 144 valence electrons. The van der Waals surface area contributed by atoms with Gasteiger partial charge in [0.05, 0.1) is 17.3 Å². The van der Waals surface area contributed by atoms with Gasteiger partial charge < -0.3 is 10.0 Å². The lowest BCUT2D eigenvalue weighted by Crippen LogP contribution is -2.33. The van der Waals surface area contributed by atoms with Crippen molar-refractivity contribution in [3.63, 3.8) is 0 Å². The number of hydrogen-bond acceptors (Lipinski definition) is 4. The Bertz CT molecular complexity index is 914. The van der Waals surface area contributed by atoms with Gasteiger partial charge >= 0.3 is 12.1 Å². The molecule has 2 rings (SSSR count). The first-order valence-electron chi connectivity index (χ1n) is 7.54. The van der Waals surface area contributed by atoms with Crippen molar-refractivity contribution in [2.24, 2.45) is 0 Å². The molecular weight excluding hydrogens is 355 g/mol. The van der Waals surface area contributed by atoms with Crippen molar-refractivity contribution in [1.82, 2.24) is 14.7 Å². The molecule has 0 saturated heterocycles. The molecule has 0 unspecified atom stereocenters. The zero-order chi connectivity index (χ0) is 20.2. The third-order valence-corrected chi connectivity index (χ3v) is 3.56. The van der Waals surface area contributed by atoms with Crippen molar-refractivity contribution in [2.75, 3.05) is 20.6 Å². The number of likely N-dealkylation sites (N-methyl/N-ethyl adjacent to an activating group) is 1. The van der Waals surface area contributed by atoms with Crippen molar-refractivity contribution < 1.29 is 23.1 Å². The molecule has 0 radical (unpaired) electrons. The monoisotopic (exact) mass is 375 g/mol. The van der Waals surface area contributed by atoms with Crippen LogP contribution in [0, 0.1) is 13.8 Å². The smallest absolute Gasteiger partial charge is 0.475 e. The summed E-state index contributed by atoms with van der Waals surface area (Å²) in [6.45, 7) is 4.89. The number of hydrogen-bond donors (Lipinski definition) is 2. The van der Waals surface area contributed by atoms with E-state index in [1.807, 2.05) is 45.0 Å². The molecule has 1 heterocycles. The first-order valence-corrected chi connectivity index (χ1v) is 7.54. The number of H-pyrrole nitrogens is 1. The first kappa shape index (κ1) is 21.4. The second kappa shape index (κ2) is 8.17. The van der Waals surface area contributed by atoms with Crippen LogP contribution in [0.25, 0.3) is 10.8 Å². The molecular formula is C16H20F3N3O4. The third-order valence-electron chi connectivity index (χ3n) is 3.56. The number of aryl methyl sites for hydroxylation is 2. The Morgan fingerprint density at radius 2 is 1.62 bits per heavy atom. The van der Waals surface area contributed by atoms with Gasteiger partial charge in [-0.25, -0.2) is 9.48 Å². The number of carboxylic acid groups (broad SMARTS) is 1. The second-order valence-electron chi connectivity index (χ2n) is 5.95. The van der Waals surface area contributed by atoms with Crippen LogP contribution in [0.4, 0.5) is 13.2 Å². The maximum absolute atomic E-state index is 12.4. The summed E-state index contributed by atoms with van der Waals surface area (Å²) in [7, 11) is 3.86. The number of carboxylic acids is 1. The zero-order valence-corrected chi connectivity index (χ0v) is 14.8. The number of alkyl halides is 3. The van der Waals surface area contributed by atoms with Gasteiger partial charge in [-0.15, -0.1) is 0 Å². The van der Waals surface area contributed by atoms with Crippen LogP contribution in [0.5, 0.6) is 0 Å². The summed E-state index contributed by atoms with van der Waals surface area (Å²) in [5, 5.41) is 10.8. The van der Waals surface area contributed by atoms with Crippen LogP contribution < -0.4 is 11.1 Å². The highest BCUT2D eigenvalue weighted by Gasteiger charge is 2.38. The van der Waals surface area contributed by atoms with Gasteiger partial charge in [0.1, 0.15) is 0 Å². The van der Waals surface area contributed by atoms with Crippen LogP contribution in [0.3, 0.4) is 0 Å². The van der Waals surface area contributed by atoms with E-state index in [-0.39, 0.29) is 11.1 Å². The van der Waals surface area contributed by atoms with Crippen LogP contribution in [-0.4, -0.2) is 52.6 Å². The van der Waals surface area contributed by atoms with E-state index < -0.39 is 12.1 Å². The number of carbonyl (C=O) groups is 1. The van der Waals surface area contributed by atoms with Crippen LogP contribution in [0.15, 0.2) is 21.7 Å². The van der Waals surface area contributed by atoms with E-state index >= 15 is 0 Å². The molecule has 0 fully saturated rings. The summed E-state index contributed by atoms with van der Waals surface area (Å²) < 4.78 is 33.1. The van der Waals surface area contributed by atoms with Crippen molar-refractivity contribution in [1.29, 1.82) is 0 Å². The molecule has 10 heteroatoms. The maximum atomic E-state index is 12.4. The Kier molecular flexibility index (Phi) is 6.73. The molecule has 2 N–H and O–H groups in total. The van der Waals surface area contributed by atoms with E-state index in [1.165, 1.54) is 4.68 Å². The number of aliphatic carboxylic acids is 1. The Labute approximate surface area is 146 Å². The molecule has 0 atom stereocenters. The van der Waals surface area contributed by atoms with Gasteiger partial charge in [-0.05, 0) is 39.1 Å². The average molecular weight is 375 g/mol. The zero-order valence-electron chi connectivity index (χ0n) is 14.8. The van der Waals surface area contributed by atoms with E-state index in [4.69, 9.17) is 9.90 Å². The number of aromatic amines is 1. The summed E-state index contributed by atoms with van der Waals surface area (Å²) in [4.78, 5) is 35.4. The molecule has 0 aliphatic carbocycles. The summed E-state index contributed by atoms with van der Waals surface area (Å²) >= 11 is 0. The predicted molar refractivity (Wildman–Crippen MR) is 90.5 cm³/mol. The highest BCUT2D eigenvalue weighted by atomic mass is 19.4. The first-order chi connectivity index (χ1) is 11.9. The lowest BCUT2D eigenvalue weighted by atomic mass is 10.0. The molecule has 0 bridgehead atoms. The molecule has 26 heavy (non-hydrogen) atoms. The molecule has 0 aliphatic heterocycles. The second-order valence-corrected chi connectivity index (χ2v) is 5.95. The number of benzene rings is 1. The highest BCUT2D eigenvalue weighted by molar-refractivity contribution is 5.86. The summed E-state index contributed by atoms with van der Waals surface area (Å²) in [6.07, 6.45) is -5.08. The van der Waals surface area contributed by atoms with Gasteiger partial charge in [-0.2, -0.15) is 13.2 Å². The van der Waals surface area contributed by atoms with Gasteiger partial charge in [-0.3, -0.25) is 14.7 Å². The Balaban J connectivity index is 0.000000412. The third kappa shape index (κ3) is 5.19. The lowest BCUT2D eigenvalue weighted by Gasteiger charge is -2.12. The fourth-order valence-corrected chi connectivity index (χ4v) is 2.20. The minimum Gasteiger partial charge on any atom is -0.475 e. The van der Waals surface area contributed by atoms with Crippen molar-refractivity contribution in [2.45, 2.75) is 26.6 Å². The van der Waals surface area contributed by atoms with Gasteiger partial charge in [0, 0.05) is 6.54 Å². The van der Waals surface area contributed by atoms with Crippen LogP contribution in [0.2, 0.25) is 0 Å². The molecule has 2 aromatic rings. The predicted octanol–water partition coefficient (Wildman–Crippen LogP) is 1.50. The van der Waals surface area contributed by atoms with Crippen LogP contribution in [0.1, 0.15) is 11.1 Å². The lowest BCUT2D eigenvalue weighted by molar-refractivity contribution is -0.192. The average Bonchev–Trinajstić information content (AvgIpc) is 2.51. The van der Waals surface area contributed by atoms with Gasteiger partial charge in [0.25, 0.3) is 11.1 Å². The van der Waals surface area contributed by atoms with Crippen LogP contribution >= 0.6 is 0 Å². The van der Waals surface area contributed by atoms with Crippen molar-refractivity contribution in [3.8, 4) is 0 Å². The minimum absolute atomic E-state index is 0.127. The number of rotatable bonds is 3. The van der Waals surface area contributed by atoms with Gasteiger partial charge in [-0.1, -0.05) is 12.1 Å². The molecule has 1 aromatic heterocycles. The largest absolute Gasteiger partial charge is 0.490 e. The van der Waals surface area contributed by atoms with Gasteiger partial charge in [0.15, 0.2) is 0 Å². The number of halogens is 3. The fourth-order valence-electron chi connectivity index (χ4n) is 2.20. The highest BCUT2D eigenvalue weighted by Crippen LogP contribution is 2.14. The molecule has 0 aliphatic rings. The van der Waals surface area contributed by atoms with Gasteiger partial charge in [0.2, 0.25) is 0 Å². The number of nitrogens with zero attached hydrogens (tertiary/aromatic N) is 2. The summed E-state index contributed by atoms with van der Waals surface area (Å²) in [5.41, 5.74) is 1.35. The maximum Gasteiger partial charge on any atom is 0.490 e. The quantitative estimate of drug-likeness (QED) is 0.848. The van der Waals surface area contributed by atoms with E-state index in [9.17, 15) is 22.8 Å². The van der Waals surface area contributed by atoms with E-state index in [1.54, 1.807) is 0 Å². The summed E-state index contributed by atoms with van der Waals surface area (Å²) in [5.74, 6) is -2.76. The van der Waals surface area contributed by atoms with Crippen LogP contribution in [-0.2, 0) is 11.3 Å². The Morgan fingerprint density at radius 3 is 2.04 bits per heavy atom. The Hall–Kier alpha value is -2.62.